The molecule has 194 valence electrons. The summed E-state index contributed by atoms with van der Waals surface area (Å²) in [5.74, 6) is -3.00. The highest BCUT2D eigenvalue weighted by molar-refractivity contribution is 5.90. The van der Waals surface area contributed by atoms with Gasteiger partial charge in [-0.15, -0.1) is 0 Å². The van der Waals surface area contributed by atoms with Crippen molar-refractivity contribution >= 4 is 17.8 Å². The number of rotatable bonds is 6. The van der Waals surface area contributed by atoms with Crippen LogP contribution in [0.15, 0.2) is 48.5 Å². The molecule has 0 saturated heterocycles. The second kappa shape index (κ2) is 13.8. The highest BCUT2D eigenvalue weighted by atomic mass is 16.4. The van der Waals surface area contributed by atoms with Crippen LogP contribution in [0.2, 0.25) is 0 Å². The number of carboxylic acid groups (broad SMARTS) is 1. The van der Waals surface area contributed by atoms with E-state index < -0.39 is 23.8 Å². The fourth-order valence-corrected chi connectivity index (χ4v) is 5.08. The number of hydrogen-bond donors (Lipinski definition) is 3. The third kappa shape index (κ3) is 8.21. The number of hydrogen-bond acceptors (Lipinski definition) is 3. The maximum Gasteiger partial charge on any atom is 0.307 e. The minimum atomic E-state index is -0.932. The molecule has 2 bridgehead atoms. The Morgan fingerprint density at radius 1 is 0.972 bits per heavy atom. The first-order valence-electron chi connectivity index (χ1n) is 13.3. The SMILES string of the molecule is CNC(=O)C1Cc2ccc(cc2)CCCCCCC(C(=O)O)C(CCCc2ccc(C)cc2)C(=O)N1. The van der Waals surface area contributed by atoms with E-state index in [2.05, 4.69) is 47.0 Å². The number of amides is 2. The van der Waals surface area contributed by atoms with Gasteiger partial charge in [-0.05, 0) is 62.1 Å². The van der Waals surface area contributed by atoms with E-state index in [-0.39, 0.29) is 11.8 Å². The van der Waals surface area contributed by atoms with Gasteiger partial charge in [-0.1, -0.05) is 73.4 Å². The van der Waals surface area contributed by atoms with Crippen LogP contribution in [-0.4, -0.2) is 36.0 Å². The number of fused-ring (bicyclic) bond motifs is 13. The molecule has 2 aromatic rings. The monoisotopic (exact) mass is 492 g/mol. The van der Waals surface area contributed by atoms with Crippen molar-refractivity contribution < 1.29 is 19.5 Å². The minimum Gasteiger partial charge on any atom is -0.481 e. The Kier molecular flexibility index (Phi) is 10.5. The normalized spacial score (nSPS) is 21.5. The second-order valence-corrected chi connectivity index (χ2v) is 10.1. The molecule has 0 spiro atoms. The molecule has 4 rings (SSSR count). The lowest BCUT2D eigenvalue weighted by Gasteiger charge is -2.26. The Morgan fingerprint density at radius 3 is 2.31 bits per heavy atom. The summed E-state index contributed by atoms with van der Waals surface area (Å²) in [6.45, 7) is 2.04. The molecule has 0 aliphatic carbocycles. The average molecular weight is 493 g/mol. The van der Waals surface area contributed by atoms with Crippen LogP contribution >= 0.6 is 0 Å². The molecule has 2 aromatic carbocycles. The topological polar surface area (TPSA) is 95.5 Å². The third-order valence-electron chi connectivity index (χ3n) is 7.31. The Balaban J connectivity index is 1.81. The highest BCUT2D eigenvalue weighted by Gasteiger charge is 2.35. The van der Waals surface area contributed by atoms with Gasteiger partial charge in [0.05, 0.1) is 11.8 Å². The fourth-order valence-electron chi connectivity index (χ4n) is 5.08. The third-order valence-corrected chi connectivity index (χ3v) is 7.31. The summed E-state index contributed by atoms with van der Waals surface area (Å²) >= 11 is 0. The fraction of sp³-hybridized carbons (Fsp3) is 0.500. The number of benzene rings is 2. The second-order valence-electron chi connectivity index (χ2n) is 10.1. The van der Waals surface area contributed by atoms with E-state index in [1.165, 1.54) is 16.7 Å². The van der Waals surface area contributed by atoms with Crippen molar-refractivity contribution in [2.45, 2.75) is 77.2 Å². The van der Waals surface area contributed by atoms with E-state index in [1.807, 2.05) is 19.1 Å². The summed E-state index contributed by atoms with van der Waals surface area (Å²) in [6, 6.07) is 15.8. The van der Waals surface area contributed by atoms with Crippen molar-refractivity contribution in [3.05, 3.63) is 70.8 Å². The van der Waals surface area contributed by atoms with Crippen molar-refractivity contribution in [2.24, 2.45) is 11.8 Å². The van der Waals surface area contributed by atoms with E-state index in [1.54, 1.807) is 7.05 Å². The van der Waals surface area contributed by atoms with Crippen LogP contribution in [0.5, 0.6) is 0 Å². The Morgan fingerprint density at radius 2 is 1.64 bits per heavy atom. The zero-order valence-corrected chi connectivity index (χ0v) is 21.6. The molecule has 2 aliphatic rings. The van der Waals surface area contributed by atoms with E-state index in [9.17, 15) is 19.5 Å². The molecule has 3 N–H and O–H groups in total. The van der Waals surface area contributed by atoms with Crippen LogP contribution in [0.1, 0.15) is 67.2 Å². The summed E-state index contributed by atoms with van der Waals surface area (Å²) in [4.78, 5) is 38.5. The predicted molar refractivity (Wildman–Crippen MR) is 142 cm³/mol. The largest absolute Gasteiger partial charge is 0.481 e. The maximum absolute atomic E-state index is 13.5. The summed E-state index contributed by atoms with van der Waals surface area (Å²) in [6.07, 6.45) is 7.58. The molecule has 2 amide bonds. The van der Waals surface area contributed by atoms with Crippen LogP contribution in [0, 0.1) is 18.8 Å². The van der Waals surface area contributed by atoms with Crippen molar-refractivity contribution in [2.75, 3.05) is 7.05 Å². The number of likely N-dealkylation sites (N-methyl/N-ethyl adjacent to an activating group) is 1. The van der Waals surface area contributed by atoms with Gasteiger partial charge >= 0.3 is 5.97 Å². The van der Waals surface area contributed by atoms with Crippen LogP contribution in [0.25, 0.3) is 0 Å². The predicted octanol–water partition coefficient (Wildman–Crippen LogP) is 4.61. The molecular weight excluding hydrogens is 452 g/mol. The van der Waals surface area contributed by atoms with Crippen LogP contribution in [0.3, 0.4) is 0 Å². The first-order chi connectivity index (χ1) is 17.4. The lowest BCUT2D eigenvalue weighted by Crippen LogP contribution is -2.50. The first kappa shape index (κ1) is 27.4. The van der Waals surface area contributed by atoms with Crippen molar-refractivity contribution in [3.8, 4) is 0 Å². The quantitative estimate of drug-likeness (QED) is 0.549. The van der Waals surface area contributed by atoms with Gasteiger partial charge < -0.3 is 15.7 Å². The summed E-state index contributed by atoms with van der Waals surface area (Å²) in [5, 5.41) is 15.6. The molecule has 2 aliphatic heterocycles. The van der Waals surface area contributed by atoms with Gasteiger partial charge in [-0.25, -0.2) is 0 Å². The summed E-state index contributed by atoms with van der Waals surface area (Å²) in [7, 11) is 1.55. The molecule has 36 heavy (non-hydrogen) atoms. The number of aliphatic carboxylic acids is 1. The number of carbonyl (C=O) groups excluding carboxylic acids is 2. The molecule has 2 heterocycles. The summed E-state index contributed by atoms with van der Waals surface area (Å²) in [5.41, 5.74) is 4.58. The van der Waals surface area contributed by atoms with Gasteiger partial charge in [0.2, 0.25) is 11.8 Å². The molecular formula is C30H40N2O4. The Hall–Kier alpha value is -3.15. The van der Waals surface area contributed by atoms with Gasteiger partial charge in [-0.3, -0.25) is 14.4 Å². The lowest BCUT2D eigenvalue weighted by atomic mass is 9.82. The van der Waals surface area contributed by atoms with E-state index >= 15 is 0 Å². The Bertz CT molecular complexity index is 1000. The van der Waals surface area contributed by atoms with Crippen molar-refractivity contribution in [1.29, 1.82) is 0 Å². The average Bonchev–Trinajstić information content (AvgIpc) is 2.87. The van der Waals surface area contributed by atoms with Gasteiger partial charge in [0.15, 0.2) is 0 Å². The maximum atomic E-state index is 13.5. The molecule has 0 aromatic heterocycles. The van der Waals surface area contributed by atoms with Crippen LogP contribution in [-0.2, 0) is 33.6 Å². The highest BCUT2D eigenvalue weighted by Crippen LogP contribution is 2.26. The molecule has 6 nitrogen and oxygen atoms in total. The van der Waals surface area contributed by atoms with Crippen molar-refractivity contribution in [3.63, 3.8) is 0 Å². The van der Waals surface area contributed by atoms with E-state index in [0.717, 1.165) is 44.1 Å². The summed E-state index contributed by atoms with van der Waals surface area (Å²) < 4.78 is 0. The van der Waals surface area contributed by atoms with Crippen LogP contribution < -0.4 is 10.6 Å². The van der Waals surface area contributed by atoms with E-state index in [0.29, 0.717) is 25.7 Å². The molecule has 3 atom stereocenters. The number of aryl methyl sites for hydroxylation is 3. The molecule has 0 saturated carbocycles. The zero-order chi connectivity index (χ0) is 25.9. The van der Waals surface area contributed by atoms with Crippen molar-refractivity contribution in [1.82, 2.24) is 10.6 Å². The Labute approximate surface area is 214 Å². The standard InChI is InChI=1S/C30H40N2O4/c1-21-12-14-23(15-13-21)9-7-11-25-26(30(35)36)10-6-4-3-5-8-22-16-18-24(19-17-22)20-27(29(34)31-2)32-28(25)33/h12-19,25-27H,3-11,20H2,1-2H3,(H,31,34)(H,32,33)(H,35,36). The van der Waals surface area contributed by atoms with Gasteiger partial charge in [-0.2, -0.15) is 0 Å². The zero-order valence-electron chi connectivity index (χ0n) is 21.6. The molecule has 0 fully saturated rings. The van der Waals surface area contributed by atoms with Gasteiger partial charge in [0.25, 0.3) is 0 Å². The first-order valence-corrected chi connectivity index (χ1v) is 13.3. The van der Waals surface area contributed by atoms with E-state index in [4.69, 9.17) is 0 Å². The molecule has 6 heteroatoms. The molecule has 0 radical (unpaired) electrons. The smallest absolute Gasteiger partial charge is 0.307 e. The molecule has 3 unspecified atom stereocenters. The van der Waals surface area contributed by atoms with Gasteiger partial charge in [0, 0.05) is 13.5 Å². The van der Waals surface area contributed by atoms with Gasteiger partial charge in [0.1, 0.15) is 6.04 Å². The number of carboxylic acids is 1. The number of nitrogens with one attached hydrogen (secondary N) is 2. The number of carbonyl (C=O) groups is 3. The lowest BCUT2D eigenvalue weighted by molar-refractivity contribution is -0.148. The van der Waals surface area contributed by atoms with Crippen LogP contribution in [0.4, 0.5) is 0 Å². The minimum absolute atomic E-state index is 0.279.